The molecule has 10 heteroatoms. The Morgan fingerprint density at radius 2 is 1.70 bits per heavy atom. The van der Waals surface area contributed by atoms with Crippen molar-refractivity contribution in [2.24, 2.45) is 0 Å². The molecule has 2 amide bonds. The third-order valence-corrected chi connectivity index (χ3v) is 8.81. The molecule has 1 N–H and O–H groups in total. The van der Waals surface area contributed by atoms with E-state index in [0.29, 0.717) is 12.3 Å². The molecule has 40 heavy (non-hydrogen) atoms. The van der Waals surface area contributed by atoms with E-state index in [1.807, 2.05) is 38.1 Å². The van der Waals surface area contributed by atoms with Crippen molar-refractivity contribution in [2.45, 2.75) is 51.1 Å². The number of methoxy groups -OCH3 is 1. The van der Waals surface area contributed by atoms with Crippen LogP contribution in [0.1, 0.15) is 37.8 Å². The maximum Gasteiger partial charge on any atom is 0.264 e. The van der Waals surface area contributed by atoms with Crippen LogP contribution >= 0.6 is 15.9 Å². The van der Waals surface area contributed by atoms with E-state index in [-0.39, 0.29) is 23.0 Å². The van der Waals surface area contributed by atoms with Crippen LogP contribution in [0.2, 0.25) is 0 Å². The molecule has 0 fully saturated rings. The van der Waals surface area contributed by atoms with Crippen molar-refractivity contribution in [1.82, 2.24) is 10.2 Å². The number of hydrogen-bond acceptors (Lipinski definition) is 5. The number of unbranched alkanes of at least 4 members (excludes halogenated alkanes) is 1. The summed E-state index contributed by atoms with van der Waals surface area (Å²) < 4.78 is 35.1. The van der Waals surface area contributed by atoms with Gasteiger partial charge in [0, 0.05) is 23.6 Å². The number of benzene rings is 3. The molecule has 0 radical (unpaired) electrons. The summed E-state index contributed by atoms with van der Waals surface area (Å²) in [5.74, 6) is -0.364. The van der Waals surface area contributed by atoms with Crippen LogP contribution in [0.25, 0.3) is 0 Å². The lowest BCUT2D eigenvalue weighted by molar-refractivity contribution is -0.139. The molecule has 0 spiro atoms. The first-order valence-corrected chi connectivity index (χ1v) is 15.3. The number of carbonyl (C=O) groups excluding carboxylic acids is 2. The van der Waals surface area contributed by atoms with E-state index in [9.17, 15) is 18.0 Å². The summed E-state index contributed by atoms with van der Waals surface area (Å²) in [6.45, 7) is 5.67. The molecule has 0 aliphatic rings. The van der Waals surface area contributed by atoms with Gasteiger partial charge >= 0.3 is 0 Å². The van der Waals surface area contributed by atoms with Crippen molar-refractivity contribution >= 4 is 43.5 Å². The molecule has 0 heterocycles. The molecule has 1 atom stereocenters. The normalized spacial score (nSPS) is 11.9. The molecule has 8 nitrogen and oxygen atoms in total. The highest BCUT2D eigenvalue weighted by molar-refractivity contribution is 9.10. The van der Waals surface area contributed by atoms with Gasteiger partial charge in [-0.2, -0.15) is 0 Å². The topological polar surface area (TPSA) is 96.0 Å². The molecule has 214 valence electrons. The Kier molecular flexibility index (Phi) is 11.2. The van der Waals surface area contributed by atoms with Crippen LogP contribution in [0.15, 0.2) is 82.2 Å². The van der Waals surface area contributed by atoms with Crippen LogP contribution in [0, 0.1) is 6.92 Å². The lowest BCUT2D eigenvalue weighted by Gasteiger charge is -2.32. The van der Waals surface area contributed by atoms with Gasteiger partial charge in [-0.05, 0) is 62.2 Å². The van der Waals surface area contributed by atoms with Gasteiger partial charge in [0.15, 0.2) is 0 Å². The molecule has 0 aromatic heterocycles. The maximum atomic E-state index is 14.0. The van der Waals surface area contributed by atoms with E-state index < -0.39 is 28.5 Å². The minimum absolute atomic E-state index is 0.0542. The zero-order chi connectivity index (χ0) is 29.3. The lowest BCUT2D eigenvalue weighted by Crippen LogP contribution is -2.51. The maximum absolute atomic E-state index is 14.0. The van der Waals surface area contributed by atoms with E-state index in [2.05, 4.69) is 21.2 Å². The van der Waals surface area contributed by atoms with Gasteiger partial charge in [-0.3, -0.25) is 13.9 Å². The van der Waals surface area contributed by atoms with Gasteiger partial charge in [0.05, 0.1) is 17.7 Å². The van der Waals surface area contributed by atoms with Gasteiger partial charge in [-0.1, -0.05) is 65.2 Å². The summed E-state index contributed by atoms with van der Waals surface area (Å²) in [7, 11) is -2.65. The van der Waals surface area contributed by atoms with Crippen molar-refractivity contribution < 1.29 is 22.7 Å². The van der Waals surface area contributed by atoms with E-state index in [1.54, 1.807) is 43.3 Å². The second-order valence-electron chi connectivity index (χ2n) is 9.49. The molecule has 0 aliphatic heterocycles. The van der Waals surface area contributed by atoms with Crippen LogP contribution in [0.3, 0.4) is 0 Å². The zero-order valence-corrected chi connectivity index (χ0v) is 25.7. The zero-order valence-electron chi connectivity index (χ0n) is 23.3. The van der Waals surface area contributed by atoms with Crippen molar-refractivity contribution in [1.29, 1.82) is 0 Å². The number of aryl methyl sites for hydroxylation is 1. The minimum atomic E-state index is -4.14. The third kappa shape index (κ3) is 8.08. The van der Waals surface area contributed by atoms with Gasteiger partial charge < -0.3 is 15.0 Å². The Bertz CT molecular complexity index is 1400. The van der Waals surface area contributed by atoms with Crippen LogP contribution in [-0.4, -0.2) is 51.4 Å². The summed E-state index contributed by atoms with van der Waals surface area (Å²) in [6, 6.07) is 19.6. The van der Waals surface area contributed by atoms with Gasteiger partial charge in [0.25, 0.3) is 10.0 Å². The average Bonchev–Trinajstić information content (AvgIpc) is 2.95. The monoisotopic (exact) mass is 629 g/mol. The standard InChI is InChI=1S/C30H36BrN3O5S/c1-5-6-18-32-30(36)23(3)33(20-24-12-14-25(31)15-13-24)29(35)21-34(26-8-7-9-27(19-26)39-4)40(37,38)28-16-10-22(2)11-17-28/h7-17,19,23H,5-6,18,20-21H2,1-4H3,(H,32,36). The van der Waals surface area contributed by atoms with Crippen molar-refractivity contribution in [3.63, 3.8) is 0 Å². The molecule has 3 aromatic rings. The fourth-order valence-corrected chi connectivity index (χ4v) is 5.71. The first-order valence-electron chi connectivity index (χ1n) is 13.1. The average molecular weight is 631 g/mol. The Morgan fingerprint density at radius 3 is 2.33 bits per heavy atom. The summed E-state index contributed by atoms with van der Waals surface area (Å²) in [5, 5.41) is 2.89. The van der Waals surface area contributed by atoms with Gasteiger partial charge in [-0.25, -0.2) is 8.42 Å². The number of nitrogens with zero attached hydrogens (tertiary/aromatic N) is 2. The predicted molar refractivity (Wildman–Crippen MR) is 161 cm³/mol. The minimum Gasteiger partial charge on any atom is -0.497 e. The fourth-order valence-electron chi connectivity index (χ4n) is 4.04. The number of amides is 2. The highest BCUT2D eigenvalue weighted by Gasteiger charge is 2.32. The quantitative estimate of drug-likeness (QED) is 0.259. The van der Waals surface area contributed by atoms with Crippen molar-refractivity contribution in [3.05, 3.63) is 88.4 Å². The Morgan fingerprint density at radius 1 is 1.02 bits per heavy atom. The molecule has 0 aliphatic carbocycles. The van der Waals surface area contributed by atoms with E-state index in [1.165, 1.54) is 24.1 Å². The molecular weight excluding hydrogens is 594 g/mol. The number of nitrogens with one attached hydrogen (secondary N) is 1. The van der Waals surface area contributed by atoms with Crippen LogP contribution in [0.4, 0.5) is 5.69 Å². The van der Waals surface area contributed by atoms with E-state index in [4.69, 9.17) is 4.74 Å². The first-order chi connectivity index (χ1) is 19.1. The number of anilines is 1. The van der Waals surface area contributed by atoms with Gasteiger partial charge in [-0.15, -0.1) is 0 Å². The van der Waals surface area contributed by atoms with Crippen LogP contribution in [0.5, 0.6) is 5.75 Å². The largest absolute Gasteiger partial charge is 0.497 e. The van der Waals surface area contributed by atoms with Crippen LogP contribution in [-0.2, 0) is 26.2 Å². The van der Waals surface area contributed by atoms with E-state index >= 15 is 0 Å². The Balaban J connectivity index is 2.01. The highest BCUT2D eigenvalue weighted by atomic mass is 79.9. The van der Waals surface area contributed by atoms with Crippen molar-refractivity contribution in [2.75, 3.05) is 24.5 Å². The summed E-state index contributed by atoms with van der Waals surface area (Å²) in [5.41, 5.74) is 1.99. The SMILES string of the molecule is CCCCNC(=O)C(C)N(Cc1ccc(Br)cc1)C(=O)CN(c1cccc(OC)c1)S(=O)(=O)c1ccc(C)cc1. The smallest absolute Gasteiger partial charge is 0.264 e. The third-order valence-electron chi connectivity index (χ3n) is 6.49. The summed E-state index contributed by atoms with van der Waals surface area (Å²) in [6.07, 6.45) is 1.74. The van der Waals surface area contributed by atoms with Crippen molar-refractivity contribution in [3.8, 4) is 5.75 Å². The molecule has 3 rings (SSSR count). The second kappa shape index (κ2) is 14.3. The number of sulfonamides is 1. The number of hydrogen-bond donors (Lipinski definition) is 1. The fraction of sp³-hybridized carbons (Fsp3) is 0.333. The molecular formula is C30H36BrN3O5S. The molecule has 3 aromatic carbocycles. The van der Waals surface area contributed by atoms with E-state index in [0.717, 1.165) is 32.7 Å². The van der Waals surface area contributed by atoms with Gasteiger partial charge in [0.1, 0.15) is 18.3 Å². The lowest BCUT2D eigenvalue weighted by atomic mass is 10.1. The predicted octanol–water partition coefficient (Wildman–Crippen LogP) is 5.30. The molecule has 0 saturated heterocycles. The number of halogens is 1. The Hall–Kier alpha value is -3.37. The number of ether oxygens (including phenoxy) is 1. The Labute approximate surface area is 245 Å². The summed E-state index contributed by atoms with van der Waals surface area (Å²) >= 11 is 3.42. The second-order valence-corrected chi connectivity index (χ2v) is 12.3. The first kappa shape index (κ1) is 31.2. The highest BCUT2D eigenvalue weighted by Crippen LogP contribution is 2.28. The molecule has 0 saturated carbocycles. The van der Waals surface area contributed by atoms with Crippen LogP contribution < -0.4 is 14.4 Å². The molecule has 0 bridgehead atoms. The number of rotatable bonds is 13. The number of carbonyl (C=O) groups is 2. The molecule has 1 unspecified atom stereocenters. The summed E-state index contributed by atoms with van der Waals surface area (Å²) in [4.78, 5) is 28.5. The van der Waals surface area contributed by atoms with Gasteiger partial charge in [0.2, 0.25) is 11.8 Å².